The molecule has 25 heavy (non-hydrogen) atoms. The number of aryl methyl sites for hydroxylation is 2. The maximum atomic E-state index is 13.2. The molecular formula is C21H31NO3. The highest BCUT2D eigenvalue weighted by Gasteiger charge is 2.26. The number of ether oxygens (including phenoxy) is 1. The van der Waals surface area contributed by atoms with Gasteiger partial charge in [0.05, 0.1) is 13.5 Å². The normalized spacial score (nSPS) is 16.0. The Morgan fingerprint density at radius 1 is 1.04 bits per heavy atom. The second kappa shape index (κ2) is 9.59. The van der Waals surface area contributed by atoms with E-state index in [2.05, 4.69) is 0 Å². The molecule has 4 heteroatoms. The number of carbonyl (C=O) groups is 2. The fraction of sp³-hybridized carbons (Fsp3) is 0.619. The number of amides is 1. The van der Waals surface area contributed by atoms with Crippen LogP contribution in [0.2, 0.25) is 0 Å². The summed E-state index contributed by atoms with van der Waals surface area (Å²) in [4.78, 5) is 26.7. The van der Waals surface area contributed by atoms with Crippen LogP contribution in [0.1, 0.15) is 72.9 Å². The summed E-state index contributed by atoms with van der Waals surface area (Å²) < 4.78 is 4.78. The molecule has 0 bridgehead atoms. The zero-order chi connectivity index (χ0) is 18.2. The molecule has 0 radical (unpaired) electrons. The molecule has 1 aliphatic carbocycles. The average molecular weight is 345 g/mol. The highest BCUT2D eigenvalue weighted by molar-refractivity contribution is 5.95. The minimum absolute atomic E-state index is 0.0394. The van der Waals surface area contributed by atoms with E-state index in [1.807, 2.05) is 36.9 Å². The highest BCUT2D eigenvalue weighted by Crippen LogP contribution is 2.24. The van der Waals surface area contributed by atoms with Crippen molar-refractivity contribution >= 4 is 11.9 Å². The highest BCUT2D eigenvalue weighted by atomic mass is 16.5. The molecule has 1 fully saturated rings. The van der Waals surface area contributed by atoms with Crippen molar-refractivity contribution in [2.45, 2.75) is 71.3 Å². The number of carbonyl (C=O) groups excluding carboxylic acids is 2. The SMILES string of the molecule is COC(=O)CCN(C(=O)c1ccc(C)c(C)c1)C1CCCCCCC1. The minimum atomic E-state index is -0.260. The molecule has 0 aliphatic heterocycles. The Morgan fingerprint density at radius 2 is 1.68 bits per heavy atom. The third-order valence-corrected chi connectivity index (χ3v) is 5.31. The quantitative estimate of drug-likeness (QED) is 0.742. The van der Waals surface area contributed by atoms with E-state index in [0.29, 0.717) is 6.54 Å². The van der Waals surface area contributed by atoms with Crippen LogP contribution >= 0.6 is 0 Å². The van der Waals surface area contributed by atoms with Crippen LogP contribution in [-0.4, -0.2) is 36.5 Å². The van der Waals surface area contributed by atoms with Gasteiger partial charge in [0.1, 0.15) is 0 Å². The van der Waals surface area contributed by atoms with Gasteiger partial charge in [0, 0.05) is 18.2 Å². The summed E-state index contributed by atoms with van der Waals surface area (Å²) >= 11 is 0. The Morgan fingerprint density at radius 3 is 2.28 bits per heavy atom. The first kappa shape index (κ1) is 19.5. The smallest absolute Gasteiger partial charge is 0.307 e. The van der Waals surface area contributed by atoms with Gasteiger partial charge in [-0.1, -0.05) is 38.2 Å². The molecule has 138 valence electrons. The average Bonchev–Trinajstić information content (AvgIpc) is 2.58. The van der Waals surface area contributed by atoms with E-state index in [9.17, 15) is 9.59 Å². The van der Waals surface area contributed by atoms with E-state index in [0.717, 1.165) is 36.8 Å². The number of rotatable bonds is 5. The van der Waals surface area contributed by atoms with Crippen LogP contribution in [0.5, 0.6) is 0 Å². The second-order valence-corrected chi connectivity index (χ2v) is 7.12. The molecular weight excluding hydrogens is 314 g/mol. The summed E-state index contributed by atoms with van der Waals surface area (Å²) in [5.41, 5.74) is 3.02. The number of methoxy groups -OCH3 is 1. The molecule has 0 saturated heterocycles. The third kappa shape index (κ3) is 5.58. The lowest BCUT2D eigenvalue weighted by Gasteiger charge is -2.33. The van der Waals surface area contributed by atoms with Gasteiger partial charge in [-0.25, -0.2) is 0 Å². The molecule has 0 N–H and O–H groups in total. The van der Waals surface area contributed by atoms with E-state index >= 15 is 0 Å². The summed E-state index contributed by atoms with van der Waals surface area (Å²) in [7, 11) is 1.40. The van der Waals surface area contributed by atoms with Gasteiger partial charge >= 0.3 is 5.97 Å². The van der Waals surface area contributed by atoms with Crippen molar-refractivity contribution in [2.24, 2.45) is 0 Å². The van der Waals surface area contributed by atoms with Gasteiger partial charge in [-0.3, -0.25) is 9.59 Å². The molecule has 1 aliphatic rings. The Bertz CT molecular complexity index is 589. The zero-order valence-corrected chi connectivity index (χ0v) is 15.8. The number of hydrogen-bond acceptors (Lipinski definition) is 3. The van der Waals surface area contributed by atoms with Crippen LogP contribution in [0.4, 0.5) is 0 Å². The largest absolute Gasteiger partial charge is 0.469 e. The Balaban J connectivity index is 2.20. The Hall–Kier alpha value is -1.84. The Kier molecular flexibility index (Phi) is 7.48. The first-order chi connectivity index (χ1) is 12.0. The predicted octanol–water partition coefficient (Wildman–Crippen LogP) is 4.42. The van der Waals surface area contributed by atoms with E-state index < -0.39 is 0 Å². The van der Waals surface area contributed by atoms with Crippen LogP contribution in [0.3, 0.4) is 0 Å². The standard InChI is InChI=1S/C21H31NO3/c1-16-11-12-18(15-17(16)2)21(24)22(14-13-20(23)25-3)19-9-7-5-4-6-8-10-19/h11-12,15,19H,4-10,13-14H2,1-3H3. The third-order valence-electron chi connectivity index (χ3n) is 5.31. The maximum absolute atomic E-state index is 13.2. The first-order valence-electron chi connectivity index (χ1n) is 9.48. The van der Waals surface area contributed by atoms with Crippen LogP contribution in [-0.2, 0) is 9.53 Å². The van der Waals surface area contributed by atoms with Gasteiger partial charge in [-0.2, -0.15) is 0 Å². The van der Waals surface area contributed by atoms with Crippen molar-refractivity contribution in [3.05, 3.63) is 34.9 Å². The van der Waals surface area contributed by atoms with E-state index in [1.165, 1.54) is 31.9 Å². The lowest BCUT2D eigenvalue weighted by atomic mass is 9.94. The topological polar surface area (TPSA) is 46.6 Å². The van der Waals surface area contributed by atoms with Gasteiger partial charge in [0.25, 0.3) is 5.91 Å². The number of nitrogens with zero attached hydrogens (tertiary/aromatic N) is 1. The Labute approximate surface area is 151 Å². The van der Waals surface area contributed by atoms with Gasteiger partial charge in [0.15, 0.2) is 0 Å². The molecule has 4 nitrogen and oxygen atoms in total. The summed E-state index contributed by atoms with van der Waals surface area (Å²) in [6.45, 7) is 4.51. The molecule has 0 atom stereocenters. The second-order valence-electron chi connectivity index (χ2n) is 7.12. The monoisotopic (exact) mass is 345 g/mol. The van der Waals surface area contributed by atoms with Crippen LogP contribution < -0.4 is 0 Å². The number of benzene rings is 1. The molecule has 0 heterocycles. The first-order valence-corrected chi connectivity index (χ1v) is 9.48. The predicted molar refractivity (Wildman–Crippen MR) is 99.7 cm³/mol. The molecule has 0 unspecified atom stereocenters. The van der Waals surface area contributed by atoms with E-state index in [4.69, 9.17) is 4.74 Å². The molecule has 2 rings (SSSR count). The fourth-order valence-electron chi connectivity index (χ4n) is 3.55. The fourth-order valence-corrected chi connectivity index (χ4v) is 3.55. The van der Waals surface area contributed by atoms with Crippen molar-refractivity contribution < 1.29 is 14.3 Å². The summed E-state index contributed by atoms with van der Waals surface area (Å²) in [6.07, 6.45) is 8.37. The molecule has 1 aromatic carbocycles. The summed E-state index contributed by atoms with van der Waals surface area (Å²) in [5.74, 6) is -0.221. The number of esters is 1. The van der Waals surface area contributed by atoms with E-state index in [1.54, 1.807) is 0 Å². The van der Waals surface area contributed by atoms with Crippen LogP contribution in [0, 0.1) is 13.8 Å². The maximum Gasteiger partial charge on any atom is 0.307 e. The van der Waals surface area contributed by atoms with Crippen LogP contribution in [0.15, 0.2) is 18.2 Å². The lowest BCUT2D eigenvalue weighted by molar-refractivity contribution is -0.140. The van der Waals surface area contributed by atoms with Crippen molar-refractivity contribution in [3.8, 4) is 0 Å². The van der Waals surface area contributed by atoms with Gasteiger partial charge in [-0.05, 0) is 49.9 Å². The van der Waals surface area contributed by atoms with Crippen molar-refractivity contribution in [1.82, 2.24) is 4.90 Å². The molecule has 1 amide bonds. The van der Waals surface area contributed by atoms with Gasteiger partial charge < -0.3 is 9.64 Å². The lowest BCUT2D eigenvalue weighted by Crippen LogP contribution is -2.42. The van der Waals surface area contributed by atoms with Crippen LogP contribution in [0.25, 0.3) is 0 Å². The molecule has 1 aromatic rings. The number of hydrogen-bond donors (Lipinski definition) is 0. The van der Waals surface area contributed by atoms with Crippen molar-refractivity contribution in [3.63, 3.8) is 0 Å². The van der Waals surface area contributed by atoms with Gasteiger partial charge in [-0.15, -0.1) is 0 Å². The molecule has 1 saturated carbocycles. The molecule has 0 aromatic heterocycles. The summed E-state index contributed by atoms with van der Waals surface area (Å²) in [6, 6.07) is 6.09. The summed E-state index contributed by atoms with van der Waals surface area (Å²) in [5, 5.41) is 0. The molecule has 0 spiro atoms. The van der Waals surface area contributed by atoms with Crippen molar-refractivity contribution in [2.75, 3.05) is 13.7 Å². The minimum Gasteiger partial charge on any atom is -0.469 e. The van der Waals surface area contributed by atoms with E-state index in [-0.39, 0.29) is 24.3 Å². The van der Waals surface area contributed by atoms with Crippen molar-refractivity contribution in [1.29, 1.82) is 0 Å². The zero-order valence-electron chi connectivity index (χ0n) is 15.8. The van der Waals surface area contributed by atoms with Gasteiger partial charge in [0.2, 0.25) is 0 Å².